The number of fused-ring (bicyclic) bond motifs is 1. The molecule has 118 valence electrons. The lowest BCUT2D eigenvalue weighted by Crippen LogP contribution is -2.33. The Morgan fingerprint density at radius 3 is 2.87 bits per heavy atom. The molecule has 23 heavy (non-hydrogen) atoms. The lowest BCUT2D eigenvalue weighted by molar-refractivity contribution is 0.183. The van der Waals surface area contributed by atoms with E-state index >= 15 is 0 Å². The summed E-state index contributed by atoms with van der Waals surface area (Å²) in [6, 6.07) is 8.31. The molecule has 4 rings (SSSR count). The standard InChI is InChI=1S/C17H19N5O/c1-2-13-3-5-14(6-4-13)17-19-16(23-20-17)12-21-9-10-22-8-7-18-15(22)11-21/h3-8H,2,9-12H2,1H3. The summed E-state index contributed by atoms with van der Waals surface area (Å²) < 4.78 is 7.60. The van der Waals surface area contributed by atoms with Gasteiger partial charge in [0.05, 0.1) is 13.1 Å². The van der Waals surface area contributed by atoms with Crippen LogP contribution in [0.1, 0.15) is 24.2 Å². The van der Waals surface area contributed by atoms with Crippen LogP contribution in [0.25, 0.3) is 11.4 Å². The molecule has 1 aliphatic heterocycles. The minimum absolute atomic E-state index is 0.652. The lowest BCUT2D eigenvalue weighted by Gasteiger charge is -2.25. The van der Waals surface area contributed by atoms with E-state index in [0.29, 0.717) is 18.3 Å². The van der Waals surface area contributed by atoms with Gasteiger partial charge in [0.1, 0.15) is 5.82 Å². The summed E-state index contributed by atoms with van der Waals surface area (Å²) in [5.74, 6) is 2.40. The predicted octanol–water partition coefficient (Wildman–Crippen LogP) is 2.51. The second kappa shape index (κ2) is 5.96. The lowest BCUT2D eigenvalue weighted by atomic mass is 10.1. The third kappa shape index (κ3) is 2.90. The molecule has 0 fully saturated rings. The van der Waals surface area contributed by atoms with Crippen molar-refractivity contribution in [3.8, 4) is 11.4 Å². The molecule has 3 heterocycles. The zero-order valence-corrected chi connectivity index (χ0v) is 13.1. The molecule has 1 aliphatic rings. The van der Waals surface area contributed by atoms with Crippen LogP contribution >= 0.6 is 0 Å². The summed E-state index contributed by atoms with van der Waals surface area (Å²) in [4.78, 5) is 11.2. The van der Waals surface area contributed by atoms with Crippen LogP contribution in [0, 0.1) is 0 Å². The molecule has 2 aromatic heterocycles. The average Bonchev–Trinajstić information content (AvgIpc) is 3.24. The molecule has 0 aliphatic carbocycles. The quantitative estimate of drug-likeness (QED) is 0.741. The van der Waals surface area contributed by atoms with Crippen molar-refractivity contribution < 1.29 is 4.52 Å². The van der Waals surface area contributed by atoms with Crippen molar-refractivity contribution in [2.45, 2.75) is 33.0 Å². The smallest absolute Gasteiger partial charge is 0.241 e. The molecular weight excluding hydrogens is 290 g/mol. The Labute approximate surface area is 134 Å². The summed E-state index contributed by atoms with van der Waals surface area (Å²) in [6.45, 7) is 5.54. The highest BCUT2D eigenvalue weighted by Gasteiger charge is 2.19. The Morgan fingerprint density at radius 2 is 2.04 bits per heavy atom. The molecule has 0 unspecified atom stereocenters. The fourth-order valence-corrected chi connectivity index (χ4v) is 2.88. The number of hydrogen-bond donors (Lipinski definition) is 0. The van der Waals surface area contributed by atoms with E-state index in [0.717, 1.165) is 37.4 Å². The molecular formula is C17H19N5O. The van der Waals surface area contributed by atoms with Crippen LogP contribution in [0.4, 0.5) is 0 Å². The van der Waals surface area contributed by atoms with Crippen LogP contribution in [0.3, 0.4) is 0 Å². The van der Waals surface area contributed by atoms with Crippen LogP contribution < -0.4 is 0 Å². The predicted molar refractivity (Wildman–Crippen MR) is 85.5 cm³/mol. The van der Waals surface area contributed by atoms with E-state index in [1.807, 2.05) is 24.5 Å². The number of aromatic nitrogens is 4. The molecule has 1 aromatic carbocycles. The topological polar surface area (TPSA) is 60.0 Å². The molecule has 0 atom stereocenters. The summed E-state index contributed by atoms with van der Waals surface area (Å²) in [5, 5.41) is 4.11. The number of imidazole rings is 1. The highest BCUT2D eigenvalue weighted by Crippen LogP contribution is 2.18. The molecule has 0 radical (unpaired) electrons. The van der Waals surface area contributed by atoms with E-state index in [-0.39, 0.29) is 0 Å². The minimum atomic E-state index is 0.652. The van der Waals surface area contributed by atoms with Gasteiger partial charge in [0.25, 0.3) is 0 Å². The molecule has 6 nitrogen and oxygen atoms in total. The van der Waals surface area contributed by atoms with E-state index in [1.54, 1.807) is 0 Å². The van der Waals surface area contributed by atoms with Crippen LogP contribution in [-0.4, -0.2) is 31.1 Å². The normalized spacial score (nSPS) is 14.8. The highest BCUT2D eigenvalue weighted by atomic mass is 16.5. The Kier molecular flexibility index (Phi) is 3.67. The van der Waals surface area contributed by atoms with Gasteiger partial charge in [0, 0.05) is 31.0 Å². The fraction of sp³-hybridized carbons (Fsp3) is 0.353. The summed E-state index contributed by atoms with van der Waals surface area (Å²) in [5.41, 5.74) is 2.30. The van der Waals surface area contributed by atoms with Gasteiger partial charge < -0.3 is 9.09 Å². The van der Waals surface area contributed by atoms with Gasteiger partial charge in [-0.05, 0) is 12.0 Å². The summed E-state index contributed by atoms with van der Waals surface area (Å²) >= 11 is 0. The number of aryl methyl sites for hydroxylation is 1. The van der Waals surface area contributed by atoms with Gasteiger partial charge in [-0.25, -0.2) is 4.98 Å². The third-order valence-electron chi connectivity index (χ3n) is 4.27. The van der Waals surface area contributed by atoms with Gasteiger partial charge in [-0.15, -0.1) is 0 Å². The van der Waals surface area contributed by atoms with E-state index in [9.17, 15) is 0 Å². The Balaban J connectivity index is 1.46. The van der Waals surface area contributed by atoms with Crippen LogP contribution in [0.5, 0.6) is 0 Å². The second-order valence-electron chi connectivity index (χ2n) is 5.81. The average molecular weight is 309 g/mol. The van der Waals surface area contributed by atoms with Crippen LogP contribution in [0.15, 0.2) is 41.2 Å². The highest BCUT2D eigenvalue weighted by molar-refractivity contribution is 5.54. The van der Waals surface area contributed by atoms with E-state index in [4.69, 9.17) is 4.52 Å². The number of benzene rings is 1. The summed E-state index contributed by atoms with van der Waals surface area (Å²) in [6.07, 6.45) is 4.91. The molecule has 0 saturated heterocycles. The maximum absolute atomic E-state index is 5.42. The first kappa shape index (κ1) is 14.1. The van der Waals surface area contributed by atoms with Crippen molar-refractivity contribution in [3.63, 3.8) is 0 Å². The van der Waals surface area contributed by atoms with Crippen molar-refractivity contribution in [2.75, 3.05) is 6.54 Å². The maximum Gasteiger partial charge on any atom is 0.241 e. The van der Waals surface area contributed by atoms with Gasteiger partial charge in [-0.3, -0.25) is 4.90 Å². The van der Waals surface area contributed by atoms with Crippen molar-refractivity contribution in [1.82, 2.24) is 24.6 Å². The summed E-state index contributed by atoms with van der Waals surface area (Å²) in [7, 11) is 0. The maximum atomic E-state index is 5.42. The van der Waals surface area contributed by atoms with E-state index in [1.165, 1.54) is 5.56 Å². The monoisotopic (exact) mass is 309 g/mol. The van der Waals surface area contributed by atoms with Crippen molar-refractivity contribution in [2.24, 2.45) is 0 Å². The van der Waals surface area contributed by atoms with E-state index in [2.05, 4.69) is 43.6 Å². The first-order chi connectivity index (χ1) is 11.3. The largest absolute Gasteiger partial charge is 0.338 e. The van der Waals surface area contributed by atoms with Gasteiger partial charge in [0.15, 0.2) is 0 Å². The van der Waals surface area contributed by atoms with Crippen molar-refractivity contribution in [1.29, 1.82) is 0 Å². The Morgan fingerprint density at radius 1 is 1.17 bits per heavy atom. The van der Waals surface area contributed by atoms with Crippen LogP contribution in [-0.2, 0) is 26.1 Å². The van der Waals surface area contributed by atoms with Crippen LogP contribution in [0.2, 0.25) is 0 Å². The minimum Gasteiger partial charge on any atom is -0.338 e. The molecule has 0 amide bonds. The van der Waals surface area contributed by atoms with E-state index < -0.39 is 0 Å². The molecule has 6 heteroatoms. The third-order valence-corrected chi connectivity index (χ3v) is 4.27. The zero-order chi connectivity index (χ0) is 15.6. The Hall–Kier alpha value is -2.47. The number of nitrogens with zero attached hydrogens (tertiary/aromatic N) is 5. The fourth-order valence-electron chi connectivity index (χ4n) is 2.88. The van der Waals surface area contributed by atoms with Gasteiger partial charge in [-0.2, -0.15) is 4.98 Å². The molecule has 0 saturated carbocycles. The SMILES string of the molecule is CCc1ccc(-c2noc(CN3CCn4ccnc4C3)n2)cc1. The molecule has 0 spiro atoms. The number of hydrogen-bond acceptors (Lipinski definition) is 5. The molecule has 0 bridgehead atoms. The Bertz CT molecular complexity index is 789. The van der Waals surface area contributed by atoms with Gasteiger partial charge >= 0.3 is 0 Å². The van der Waals surface area contributed by atoms with Crippen molar-refractivity contribution >= 4 is 0 Å². The first-order valence-corrected chi connectivity index (χ1v) is 7.96. The second-order valence-corrected chi connectivity index (χ2v) is 5.81. The molecule has 3 aromatic rings. The van der Waals surface area contributed by atoms with Crippen molar-refractivity contribution in [3.05, 3.63) is 53.9 Å². The first-order valence-electron chi connectivity index (χ1n) is 7.96. The van der Waals surface area contributed by atoms with Gasteiger partial charge in [0.2, 0.25) is 11.7 Å². The zero-order valence-electron chi connectivity index (χ0n) is 13.1. The van der Waals surface area contributed by atoms with Gasteiger partial charge in [-0.1, -0.05) is 36.3 Å². The molecule has 0 N–H and O–H groups in total. The number of rotatable bonds is 4.